The molecule has 1 heterocycles. The standard InChI is InChI=1S/C26H24BrN3O2/c1-3-23(29(4-2)25(31)18-11-10-12-19(27)17-18)24-28-22-16-9-8-15-21(22)26(32)30(24)20-13-6-5-7-14-20/h5-17,23H,3-4H2,1-2H3. The summed E-state index contributed by atoms with van der Waals surface area (Å²) in [6.45, 7) is 4.45. The molecular weight excluding hydrogens is 466 g/mol. The molecule has 1 atom stereocenters. The van der Waals surface area contributed by atoms with Crippen LogP contribution in [0.15, 0.2) is 88.1 Å². The number of rotatable bonds is 6. The zero-order valence-corrected chi connectivity index (χ0v) is 19.6. The van der Waals surface area contributed by atoms with Gasteiger partial charge >= 0.3 is 0 Å². The van der Waals surface area contributed by atoms with Gasteiger partial charge in [-0.05, 0) is 55.8 Å². The first-order valence-corrected chi connectivity index (χ1v) is 11.5. The number of fused-ring (bicyclic) bond motifs is 1. The molecular formula is C26H24BrN3O2. The molecule has 32 heavy (non-hydrogen) atoms. The average Bonchev–Trinajstić information content (AvgIpc) is 2.82. The zero-order chi connectivity index (χ0) is 22.7. The van der Waals surface area contributed by atoms with Crippen molar-refractivity contribution >= 4 is 32.7 Å². The Morgan fingerprint density at radius 3 is 2.41 bits per heavy atom. The lowest BCUT2D eigenvalue weighted by Gasteiger charge is -2.31. The molecule has 4 aromatic rings. The van der Waals surface area contributed by atoms with Gasteiger partial charge in [-0.1, -0.05) is 59.3 Å². The molecule has 1 amide bonds. The Kier molecular flexibility index (Phi) is 6.51. The van der Waals surface area contributed by atoms with Crippen LogP contribution in [0.4, 0.5) is 0 Å². The summed E-state index contributed by atoms with van der Waals surface area (Å²) in [5.74, 6) is 0.468. The fourth-order valence-electron chi connectivity index (χ4n) is 4.04. The second-order valence-corrected chi connectivity index (χ2v) is 8.40. The molecule has 0 aliphatic rings. The van der Waals surface area contributed by atoms with Gasteiger partial charge in [-0.3, -0.25) is 14.2 Å². The fourth-order valence-corrected chi connectivity index (χ4v) is 4.43. The van der Waals surface area contributed by atoms with Crippen molar-refractivity contribution in [1.82, 2.24) is 14.5 Å². The fraction of sp³-hybridized carbons (Fsp3) is 0.192. The van der Waals surface area contributed by atoms with Crippen molar-refractivity contribution in [1.29, 1.82) is 0 Å². The maximum absolute atomic E-state index is 13.6. The van der Waals surface area contributed by atoms with Gasteiger partial charge in [-0.15, -0.1) is 0 Å². The van der Waals surface area contributed by atoms with Crippen molar-refractivity contribution in [2.45, 2.75) is 26.3 Å². The largest absolute Gasteiger partial charge is 0.329 e. The highest BCUT2D eigenvalue weighted by molar-refractivity contribution is 9.10. The number of carbonyl (C=O) groups is 1. The Labute approximate surface area is 195 Å². The van der Waals surface area contributed by atoms with Gasteiger partial charge in [0.25, 0.3) is 11.5 Å². The minimum Gasteiger partial charge on any atom is -0.329 e. The molecule has 0 saturated heterocycles. The number of carbonyl (C=O) groups excluding carboxylic acids is 1. The van der Waals surface area contributed by atoms with Crippen LogP contribution in [-0.4, -0.2) is 26.9 Å². The van der Waals surface area contributed by atoms with E-state index in [2.05, 4.69) is 15.9 Å². The molecule has 0 aliphatic carbocycles. The SMILES string of the molecule is CCC(c1nc2ccccc2c(=O)n1-c1ccccc1)N(CC)C(=O)c1cccc(Br)c1. The molecule has 0 fully saturated rings. The lowest BCUT2D eigenvalue weighted by molar-refractivity contribution is 0.0672. The van der Waals surface area contributed by atoms with E-state index >= 15 is 0 Å². The summed E-state index contributed by atoms with van der Waals surface area (Å²) in [7, 11) is 0. The zero-order valence-electron chi connectivity index (χ0n) is 18.0. The summed E-state index contributed by atoms with van der Waals surface area (Å²) in [5.41, 5.74) is 1.81. The number of para-hydroxylation sites is 2. The van der Waals surface area contributed by atoms with E-state index in [1.807, 2.05) is 80.6 Å². The van der Waals surface area contributed by atoms with Gasteiger partial charge in [0.1, 0.15) is 5.82 Å². The Morgan fingerprint density at radius 2 is 1.72 bits per heavy atom. The number of amides is 1. The Bertz CT molecular complexity index is 1320. The highest BCUT2D eigenvalue weighted by Crippen LogP contribution is 2.27. The molecule has 0 radical (unpaired) electrons. The van der Waals surface area contributed by atoms with E-state index in [0.717, 1.165) is 10.2 Å². The minimum atomic E-state index is -0.371. The molecule has 0 aliphatic heterocycles. The monoisotopic (exact) mass is 489 g/mol. The van der Waals surface area contributed by atoms with E-state index in [0.29, 0.717) is 35.3 Å². The summed E-state index contributed by atoms with van der Waals surface area (Å²) >= 11 is 3.45. The van der Waals surface area contributed by atoms with Gasteiger partial charge in [-0.2, -0.15) is 0 Å². The number of benzene rings is 3. The normalized spacial score (nSPS) is 12.0. The smallest absolute Gasteiger partial charge is 0.266 e. The predicted octanol–water partition coefficient (Wildman–Crippen LogP) is 5.76. The lowest BCUT2D eigenvalue weighted by atomic mass is 10.1. The highest BCUT2D eigenvalue weighted by atomic mass is 79.9. The number of hydrogen-bond donors (Lipinski definition) is 0. The number of nitrogens with zero attached hydrogens (tertiary/aromatic N) is 3. The molecule has 4 rings (SSSR count). The average molecular weight is 490 g/mol. The van der Waals surface area contributed by atoms with Crippen LogP contribution in [0.5, 0.6) is 0 Å². The molecule has 1 unspecified atom stereocenters. The summed E-state index contributed by atoms with van der Waals surface area (Å²) in [6.07, 6.45) is 0.616. The first-order chi connectivity index (χ1) is 15.5. The molecule has 0 saturated carbocycles. The molecule has 0 N–H and O–H groups in total. The summed E-state index contributed by atoms with van der Waals surface area (Å²) in [5, 5.41) is 0.552. The van der Waals surface area contributed by atoms with Crippen molar-refractivity contribution in [3.8, 4) is 5.69 Å². The molecule has 5 nitrogen and oxygen atoms in total. The van der Waals surface area contributed by atoms with Gasteiger partial charge in [0.2, 0.25) is 0 Å². The van der Waals surface area contributed by atoms with Crippen LogP contribution in [0.25, 0.3) is 16.6 Å². The van der Waals surface area contributed by atoms with E-state index in [-0.39, 0.29) is 17.5 Å². The minimum absolute atomic E-state index is 0.0948. The van der Waals surface area contributed by atoms with Crippen LogP contribution >= 0.6 is 15.9 Å². The summed E-state index contributed by atoms with van der Waals surface area (Å²) in [6, 6.07) is 23.8. The van der Waals surface area contributed by atoms with Crippen molar-refractivity contribution in [3.05, 3.63) is 105 Å². The second-order valence-electron chi connectivity index (χ2n) is 7.49. The van der Waals surface area contributed by atoms with Crippen LogP contribution in [0, 0.1) is 0 Å². The van der Waals surface area contributed by atoms with Crippen LogP contribution in [0.1, 0.15) is 42.5 Å². The van der Waals surface area contributed by atoms with E-state index in [9.17, 15) is 9.59 Å². The van der Waals surface area contributed by atoms with Crippen molar-refractivity contribution < 1.29 is 4.79 Å². The Balaban J connectivity index is 1.93. The molecule has 0 bridgehead atoms. The van der Waals surface area contributed by atoms with Crippen LogP contribution in [0.2, 0.25) is 0 Å². The number of halogens is 1. The first-order valence-electron chi connectivity index (χ1n) is 10.7. The third kappa shape index (κ3) is 4.10. The van der Waals surface area contributed by atoms with Gasteiger partial charge in [0.15, 0.2) is 0 Å². The van der Waals surface area contributed by atoms with Gasteiger partial charge in [0, 0.05) is 16.6 Å². The predicted molar refractivity (Wildman–Crippen MR) is 131 cm³/mol. The van der Waals surface area contributed by atoms with E-state index in [1.54, 1.807) is 21.6 Å². The number of hydrogen-bond acceptors (Lipinski definition) is 3. The highest BCUT2D eigenvalue weighted by Gasteiger charge is 2.28. The molecule has 0 spiro atoms. The maximum atomic E-state index is 13.6. The van der Waals surface area contributed by atoms with E-state index in [4.69, 9.17) is 4.98 Å². The number of aromatic nitrogens is 2. The maximum Gasteiger partial charge on any atom is 0.266 e. The molecule has 3 aromatic carbocycles. The van der Waals surface area contributed by atoms with Crippen molar-refractivity contribution in [3.63, 3.8) is 0 Å². The summed E-state index contributed by atoms with van der Waals surface area (Å²) in [4.78, 5) is 33.8. The van der Waals surface area contributed by atoms with Gasteiger partial charge in [-0.25, -0.2) is 4.98 Å². The molecule has 162 valence electrons. The van der Waals surface area contributed by atoms with Crippen LogP contribution in [-0.2, 0) is 0 Å². The third-order valence-electron chi connectivity index (χ3n) is 5.55. The second kappa shape index (κ2) is 9.49. The molecule has 6 heteroatoms. The topological polar surface area (TPSA) is 55.2 Å². The lowest BCUT2D eigenvalue weighted by Crippen LogP contribution is -2.38. The first kappa shape index (κ1) is 22.0. The van der Waals surface area contributed by atoms with Crippen molar-refractivity contribution in [2.75, 3.05) is 6.54 Å². The third-order valence-corrected chi connectivity index (χ3v) is 6.04. The van der Waals surface area contributed by atoms with E-state index < -0.39 is 0 Å². The Morgan fingerprint density at radius 1 is 1.00 bits per heavy atom. The Hall–Kier alpha value is -3.25. The van der Waals surface area contributed by atoms with Gasteiger partial charge < -0.3 is 4.90 Å². The van der Waals surface area contributed by atoms with Crippen LogP contribution in [0.3, 0.4) is 0 Å². The van der Waals surface area contributed by atoms with Gasteiger partial charge in [0.05, 0.1) is 22.6 Å². The van der Waals surface area contributed by atoms with Crippen molar-refractivity contribution in [2.24, 2.45) is 0 Å². The van der Waals surface area contributed by atoms with Crippen LogP contribution < -0.4 is 5.56 Å². The summed E-state index contributed by atoms with van der Waals surface area (Å²) < 4.78 is 2.49. The van der Waals surface area contributed by atoms with E-state index in [1.165, 1.54) is 0 Å². The quantitative estimate of drug-likeness (QED) is 0.345. The molecule has 1 aromatic heterocycles.